The molecule has 4 heteroatoms. The van der Waals surface area contributed by atoms with Crippen molar-refractivity contribution in [1.82, 2.24) is 0 Å². The van der Waals surface area contributed by atoms with Crippen molar-refractivity contribution >= 4 is 44.6 Å². The maximum Gasteiger partial charge on any atom is -0.147 e. The van der Waals surface area contributed by atoms with Crippen LogP contribution in [-0.2, 0) is 14.0 Å². The Labute approximate surface area is 210 Å². The van der Waals surface area contributed by atoms with E-state index in [4.69, 9.17) is 0 Å². The van der Waals surface area contributed by atoms with E-state index >= 15 is 0 Å². The summed E-state index contributed by atoms with van der Waals surface area (Å²) in [7, 11) is 2.46. The maximum absolute atomic E-state index is 3.06. The summed E-state index contributed by atoms with van der Waals surface area (Å²) in [6.07, 6.45) is 12.8. The largest absolute Gasteiger partial charge is 0.147 e. The summed E-state index contributed by atoms with van der Waals surface area (Å²) in [5.74, 6) is 0. The summed E-state index contributed by atoms with van der Waals surface area (Å²) in [6.45, 7) is 4.65. The number of fused-ring (bicyclic) bond motifs is 2. The summed E-state index contributed by atoms with van der Waals surface area (Å²) in [6, 6.07) is 18.6. The topological polar surface area (TPSA) is 0 Å². The molecule has 0 N–H and O–H groups in total. The Morgan fingerprint density at radius 3 is 1.44 bits per heavy atom. The Morgan fingerprint density at radius 1 is 0.688 bits per heavy atom. The third-order valence-corrected chi connectivity index (χ3v) is 19.0. The Balaban J connectivity index is 0.00000181. The van der Waals surface area contributed by atoms with Crippen molar-refractivity contribution < 1.29 is 14.0 Å². The van der Waals surface area contributed by atoms with Crippen molar-refractivity contribution in [2.45, 2.75) is 71.3 Å². The third-order valence-electron chi connectivity index (χ3n) is 7.57. The first-order chi connectivity index (χ1) is 14.4. The van der Waals surface area contributed by atoms with E-state index in [1.807, 2.05) is 0 Å². The molecular weight excluding hydrogens is 483 g/mol. The van der Waals surface area contributed by atoms with Gasteiger partial charge in [0, 0.05) is 0 Å². The summed E-state index contributed by atoms with van der Waals surface area (Å²) in [4.78, 5) is 0. The zero-order valence-electron chi connectivity index (χ0n) is 20.2. The molecule has 2 aromatic carbocycles. The molecule has 4 rings (SSSR count). The number of halogens is 2. The van der Waals surface area contributed by atoms with E-state index in [1.54, 1.807) is 22.3 Å². The Hall–Kier alpha value is -0.569. The van der Waals surface area contributed by atoms with E-state index in [9.17, 15) is 0 Å². The van der Waals surface area contributed by atoms with Crippen molar-refractivity contribution in [3.63, 3.8) is 0 Å². The number of unbranched alkanes of at least 4 members (excludes halogenated alkanes) is 2. The van der Waals surface area contributed by atoms with Crippen molar-refractivity contribution in [1.29, 1.82) is 0 Å². The van der Waals surface area contributed by atoms with Crippen LogP contribution in [0, 0.1) is 0 Å². The van der Waals surface area contributed by atoms with Gasteiger partial charge >= 0.3 is 187 Å². The molecule has 0 saturated heterocycles. The van der Waals surface area contributed by atoms with Crippen molar-refractivity contribution in [2.75, 3.05) is 0 Å². The summed E-state index contributed by atoms with van der Waals surface area (Å²) < 4.78 is 1.31. The second-order valence-corrected chi connectivity index (χ2v) is 30.9. The maximum atomic E-state index is 2.76. The summed E-state index contributed by atoms with van der Waals surface area (Å²) >= 11 is -3.06. The van der Waals surface area contributed by atoms with Gasteiger partial charge in [0.25, 0.3) is 0 Å². The van der Waals surface area contributed by atoms with Crippen LogP contribution in [0.3, 0.4) is 0 Å². The molecule has 0 bridgehead atoms. The first kappa shape index (κ1) is 27.7. The minimum atomic E-state index is -3.06. The molecule has 2 aliphatic carbocycles. The molecule has 2 aromatic rings. The van der Waals surface area contributed by atoms with Gasteiger partial charge in [0.15, 0.2) is 0 Å². The molecule has 2 aliphatic rings. The quantitative estimate of drug-likeness (QED) is 0.303. The molecule has 2 unspecified atom stereocenters. The fourth-order valence-corrected chi connectivity index (χ4v) is 19.4. The van der Waals surface area contributed by atoms with E-state index in [0.717, 1.165) is 0 Å². The number of allylic oxidation sites excluding steroid dienone is 2. The minimum Gasteiger partial charge on any atom is -0.147 e. The number of benzene rings is 2. The SMILES string of the molecule is CCCCC1=Cc2ccccc2[CH]1[Ti]([CH3])([CH3])(=[SiH2])[CH]1C(CCCC)=Cc2ccccc21.Cl.Cl. The molecule has 0 nitrogen and oxygen atoms in total. The molecule has 0 saturated carbocycles. The van der Waals surface area contributed by atoms with Crippen molar-refractivity contribution in [3.8, 4) is 0 Å². The molecule has 0 amide bonds. The molecule has 0 aromatic heterocycles. The van der Waals surface area contributed by atoms with Gasteiger partial charge in [-0.2, -0.15) is 0 Å². The van der Waals surface area contributed by atoms with E-state index in [0.29, 0.717) is 8.45 Å². The number of hydrogen-bond donors (Lipinski definition) is 0. The van der Waals surface area contributed by atoms with Crippen LogP contribution < -0.4 is 0 Å². The minimum absolute atomic E-state index is 0. The monoisotopic (exact) mass is 522 g/mol. The van der Waals surface area contributed by atoms with Gasteiger partial charge in [0.1, 0.15) is 0 Å². The fourth-order valence-electron chi connectivity index (χ4n) is 6.38. The van der Waals surface area contributed by atoms with E-state index < -0.39 is 14.0 Å². The molecule has 0 radical (unpaired) electrons. The van der Waals surface area contributed by atoms with Gasteiger partial charge in [-0.15, -0.1) is 24.8 Å². The van der Waals surface area contributed by atoms with Gasteiger partial charge < -0.3 is 0 Å². The second-order valence-electron chi connectivity index (χ2n) is 10.7. The fraction of sp³-hybridized carbons (Fsp3) is 0.429. The van der Waals surface area contributed by atoms with E-state index in [1.165, 1.54) is 49.7 Å². The Morgan fingerprint density at radius 2 is 1.06 bits per heavy atom. The molecular formula is C28H40Cl2SiTi. The average molecular weight is 523 g/mol. The Bertz CT molecular complexity index is 997. The van der Waals surface area contributed by atoms with Gasteiger partial charge in [0.2, 0.25) is 0 Å². The van der Waals surface area contributed by atoms with Gasteiger partial charge in [-0.3, -0.25) is 0 Å². The zero-order valence-corrected chi connectivity index (χ0v) is 24.8. The summed E-state index contributed by atoms with van der Waals surface area (Å²) in [5.41, 5.74) is 9.69. The van der Waals surface area contributed by atoms with Crippen molar-refractivity contribution in [2.24, 2.45) is 0 Å². The molecule has 0 fully saturated rings. The normalized spacial score (nSPS) is 19.3. The van der Waals surface area contributed by atoms with Crippen molar-refractivity contribution in [3.05, 3.63) is 81.9 Å². The number of hydrogen-bond acceptors (Lipinski definition) is 0. The Kier molecular flexibility index (Phi) is 9.33. The van der Waals surface area contributed by atoms with Gasteiger partial charge in [-0.05, 0) is 0 Å². The smallest absolute Gasteiger partial charge is 0.147 e. The van der Waals surface area contributed by atoms with E-state index in [2.05, 4.69) is 92.6 Å². The third kappa shape index (κ3) is 4.94. The van der Waals surface area contributed by atoms with Gasteiger partial charge in [-0.25, -0.2) is 0 Å². The van der Waals surface area contributed by atoms with Crippen LogP contribution in [-0.4, -0.2) is 7.63 Å². The predicted octanol–water partition coefficient (Wildman–Crippen LogP) is 8.82. The van der Waals surface area contributed by atoms with Crippen LogP contribution >= 0.6 is 24.8 Å². The van der Waals surface area contributed by atoms with Crippen LogP contribution in [0.4, 0.5) is 0 Å². The van der Waals surface area contributed by atoms with Gasteiger partial charge in [0.05, 0.1) is 0 Å². The zero-order chi connectivity index (χ0) is 21.4. The van der Waals surface area contributed by atoms with Crippen LogP contribution in [0.1, 0.15) is 83.1 Å². The van der Waals surface area contributed by atoms with Gasteiger partial charge in [-0.1, -0.05) is 0 Å². The number of rotatable bonds is 8. The first-order valence-electron chi connectivity index (χ1n) is 12.0. The first-order valence-corrected chi connectivity index (χ1v) is 21.0. The molecule has 0 spiro atoms. The van der Waals surface area contributed by atoms with Crippen LogP contribution in [0.2, 0.25) is 10.5 Å². The molecule has 32 heavy (non-hydrogen) atoms. The van der Waals surface area contributed by atoms with Crippen LogP contribution in [0.15, 0.2) is 59.7 Å². The van der Waals surface area contributed by atoms with E-state index in [-0.39, 0.29) is 24.8 Å². The molecule has 0 heterocycles. The standard InChI is InChI=1S/2C13H15.2CH3.2ClH.H2Si.Ti/c2*1-2-3-6-11-9-12-7-4-5-8-13(12)10-11;;;;;;/h2*4-5,7-10H,2-3,6H2,1H3;2*1H3;2*1H;1H2;. The predicted molar refractivity (Wildman–Crippen MR) is 148 cm³/mol. The van der Waals surface area contributed by atoms with Crippen LogP contribution in [0.25, 0.3) is 12.2 Å². The molecule has 2 atom stereocenters. The molecule has 174 valence electrons. The van der Waals surface area contributed by atoms with Crippen LogP contribution in [0.5, 0.6) is 0 Å². The molecule has 0 aliphatic heterocycles. The second kappa shape index (κ2) is 10.8. The summed E-state index contributed by atoms with van der Waals surface area (Å²) in [5, 5.41) is 5.52. The average Bonchev–Trinajstić information content (AvgIpc) is 3.29.